The van der Waals surface area contributed by atoms with Crippen molar-refractivity contribution in [3.63, 3.8) is 0 Å². The maximum atomic E-state index is 13.6. The molecule has 6 nitrogen and oxygen atoms in total. The lowest BCUT2D eigenvalue weighted by Crippen LogP contribution is -2.55. The van der Waals surface area contributed by atoms with Gasteiger partial charge in [0.1, 0.15) is 0 Å². The number of hydrogen-bond donors (Lipinski definition) is 1. The first-order valence-electron chi connectivity index (χ1n) is 12.3. The van der Waals surface area contributed by atoms with E-state index >= 15 is 0 Å². The summed E-state index contributed by atoms with van der Waals surface area (Å²) in [4.78, 5) is 16.0. The fourth-order valence-electron chi connectivity index (χ4n) is 7.44. The molecule has 0 spiro atoms. The van der Waals surface area contributed by atoms with E-state index in [-0.39, 0.29) is 22.3 Å². The summed E-state index contributed by atoms with van der Waals surface area (Å²) in [6.45, 7) is 4.00. The Bertz CT molecular complexity index is 962. The zero-order chi connectivity index (χ0) is 22.7. The lowest BCUT2D eigenvalue weighted by molar-refractivity contribution is -0.0688. The van der Waals surface area contributed by atoms with Gasteiger partial charge in [0.05, 0.1) is 10.5 Å². The number of amides is 1. The average Bonchev–Trinajstić information content (AvgIpc) is 3.27. The molecule has 1 aliphatic heterocycles. The second-order valence-electron chi connectivity index (χ2n) is 11.1. The number of carbonyl (C=O) groups excluding carboxylic acids is 1. The molecule has 32 heavy (non-hydrogen) atoms. The number of rotatable bonds is 6. The van der Waals surface area contributed by atoms with Crippen LogP contribution in [0.4, 0.5) is 5.69 Å². The molecular weight excluding hydrogens is 422 g/mol. The van der Waals surface area contributed by atoms with Gasteiger partial charge in [-0.3, -0.25) is 4.79 Å². The number of hydrogen-bond acceptors (Lipinski definition) is 4. The molecule has 1 aromatic carbocycles. The third kappa shape index (κ3) is 3.75. The standard InChI is InChI=1S/C25H37N3O3S/c1-17(25-14-18-10-19(15-25)12-20(11-18)16-25)26-24(29)22-13-21(32(30,31)27(2)3)6-7-23(22)28-8-4-5-9-28/h6-7,13,17-20H,4-5,8-12,14-16H2,1-3H3,(H,26,29)/t17-,18?,19?,20?,25?/m0/s1. The maximum absolute atomic E-state index is 13.6. The van der Waals surface area contributed by atoms with Crippen LogP contribution in [0.3, 0.4) is 0 Å². The Kier molecular flexibility index (Phi) is 5.56. The molecule has 7 heteroatoms. The van der Waals surface area contributed by atoms with Crippen molar-refractivity contribution < 1.29 is 13.2 Å². The van der Waals surface area contributed by atoms with Crippen molar-refractivity contribution in [3.8, 4) is 0 Å². The molecule has 1 aromatic rings. The predicted molar refractivity (Wildman–Crippen MR) is 126 cm³/mol. The van der Waals surface area contributed by atoms with E-state index in [0.717, 1.165) is 49.4 Å². The van der Waals surface area contributed by atoms with Crippen molar-refractivity contribution in [1.29, 1.82) is 0 Å². The highest BCUT2D eigenvalue weighted by Gasteiger charge is 2.53. The van der Waals surface area contributed by atoms with Gasteiger partial charge >= 0.3 is 0 Å². The molecule has 4 saturated carbocycles. The highest BCUT2D eigenvalue weighted by molar-refractivity contribution is 7.89. The van der Waals surface area contributed by atoms with Crippen LogP contribution in [0.1, 0.15) is 68.6 Å². The summed E-state index contributed by atoms with van der Waals surface area (Å²) in [6, 6.07) is 5.16. The molecule has 0 aromatic heterocycles. The molecule has 1 atom stereocenters. The van der Waals surface area contributed by atoms with E-state index < -0.39 is 10.0 Å². The van der Waals surface area contributed by atoms with Crippen molar-refractivity contribution in [2.45, 2.75) is 69.2 Å². The first kappa shape index (κ1) is 22.2. The van der Waals surface area contributed by atoms with Crippen LogP contribution in [0, 0.1) is 23.2 Å². The highest BCUT2D eigenvalue weighted by Crippen LogP contribution is 2.61. The summed E-state index contributed by atoms with van der Waals surface area (Å²) in [7, 11) is -0.551. The van der Waals surface area contributed by atoms with E-state index in [1.807, 2.05) is 6.07 Å². The molecule has 4 bridgehead atoms. The van der Waals surface area contributed by atoms with Gasteiger partial charge in [0, 0.05) is 38.9 Å². The van der Waals surface area contributed by atoms with Gasteiger partial charge in [-0.25, -0.2) is 12.7 Å². The smallest absolute Gasteiger partial charge is 0.253 e. The van der Waals surface area contributed by atoms with Gasteiger partial charge < -0.3 is 10.2 Å². The normalized spacial score (nSPS) is 32.5. The first-order valence-corrected chi connectivity index (χ1v) is 13.7. The minimum atomic E-state index is -3.60. The van der Waals surface area contributed by atoms with Gasteiger partial charge in [0.15, 0.2) is 0 Å². The number of benzene rings is 1. The number of anilines is 1. The van der Waals surface area contributed by atoms with Crippen LogP contribution in [-0.4, -0.2) is 51.9 Å². The second kappa shape index (κ2) is 8.01. The lowest BCUT2D eigenvalue weighted by Gasteiger charge is -2.59. The van der Waals surface area contributed by atoms with E-state index in [1.165, 1.54) is 56.9 Å². The molecule has 0 unspecified atom stereocenters. The van der Waals surface area contributed by atoms with Crippen LogP contribution in [0.2, 0.25) is 0 Å². The predicted octanol–water partition coefficient (Wildman–Crippen LogP) is 3.87. The minimum absolute atomic E-state index is 0.101. The van der Waals surface area contributed by atoms with E-state index in [4.69, 9.17) is 0 Å². The Balaban J connectivity index is 1.44. The summed E-state index contributed by atoms with van der Waals surface area (Å²) in [6.07, 6.45) is 10.0. The Hall–Kier alpha value is -1.60. The molecule has 6 rings (SSSR count). The summed E-state index contributed by atoms with van der Waals surface area (Å²) in [5.41, 5.74) is 1.56. The van der Waals surface area contributed by atoms with Crippen LogP contribution in [0.5, 0.6) is 0 Å². The van der Waals surface area contributed by atoms with Gasteiger partial charge in [0.2, 0.25) is 10.0 Å². The molecule has 4 aliphatic carbocycles. The Labute approximate surface area is 192 Å². The average molecular weight is 460 g/mol. The fourth-order valence-corrected chi connectivity index (χ4v) is 8.37. The van der Waals surface area contributed by atoms with Crippen molar-refractivity contribution in [1.82, 2.24) is 9.62 Å². The molecule has 5 aliphatic rings. The number of nitrogens with zero attached hydrogens (tertiary/aromatic N) is 2. The minimum Gasteiger partial charge on any atom is -0.371 e. The molecule has 1 N–H and O–H groups in total. The van der Waals surface area contributed by atoms with Crippen LogP contribution in [-0.2, 0) is 10.0 Å². The highest BCUT2D eigenvalue weighted by atomic mass is 32.2. The van der Waals surface area contributed by atoms with Gasteiger partial charge in [0.25, 0.3) is 5.91 Å². The Morgan fingerprint density at radius 3 is 2.16 bits per heavy atom. The molecule has 176 valence electrons. The molecule has 0 radical (unpaired) electrons. The summed E-state index contributed by atoms with van der Waals surface area (Å²) in [5.74, 6) is 2.35. The largest absolute Gasteiger partial charge is 0.371 e. The SMILES string of the molecule is C[C@H](NC(=O)c1cc(S(=O)(=O)N(C)C)ccc1N1CCCC1)C12CC3CC(CC(C3)C1)C2. The number of carbonyl (C=O) groups is 1. The van der Waals surface area contributed by atoms with Crippen molar-refractivity contribution in [3.05, 3.63) is 23.8 Å². The summed E-state index contributed by atoms with van der Waals surface area (Å²) in [5, 5.41) is 3.35. The monoisotopic (exact) mass is 459 g/mol. The van der Waals surface area contributed by atoms with Crippen LogP contribution < -0.4 is 10.2 Å². The fraction of sp³-hybridized carbons (Fsp3) is 0.720. The van der Waals surface area contributed by atoms with Crippen molar-refractivity contribution in [2.75, 3.05) is 32.1 Å². The molecular formula is C25H37N3O3S. The summed E-state index contributed by atoms with van der Waals surface area (Å²) >= 11 is 0. The molecule has 5 fully saturated rings. The second-order valence-corrected chi connectivity index (χ2v) is 13.3. The number of sulfonamides is 1. The zero-order valence-corrected chi connectivity index (χ0v) is 20.5. The van der Waals surface area contributed by atoms with Gasteiger partial charge in [-0.1, -0.05) is 0 Å². The van der Waals surface area contributed by atoms with Gasteiger partial charge in [-0.15, -0.1) is 0 Å². The van der Waals surface area contributed by atoms with Gasteiger partial charge in [-0.05, 0) is 99.7 Å². The van der Waals surface area contributed by atoms with Crippen LogP contribution >= 0.6 is 0 Å². The topological polar surface area (TPSA) is 69.7 Å². The Morgan fingerprint density at radius 1 is 1.06 bits per heavy atom. The van der Waals surface area contributed by atoms with Gasteiger partial charge in [-0.2, -0.15) is 0 Å². The third-order valence-corrected chi connectivity index (χ3v) is 10.6. The third-order valence-electron chi connectivity index (χ3n) is 8.79. The molecule has 1 amide bonds. The molecule has 1 heterocycles. The van der Waals surface area contributed by atoms with E-state index in [2.05, 4.69) is 17.1 Å². The van der Waals surface area contributed by atoms with Crippen molar-refractivity contribution in [2.24, 2.45) is 23.2 Å². The van der Waals surface area contributed by atoms with E-state index in [9.17, 15) is 13.2 Å². The zero-order valence-electron chi connectivity index (χ0n) is 19.6. The lowest BCUT2D eigenvalue weighted by atomic mass is 9.48. The molecule has 1 saturated heterocycles. The number of nitrogens with one attached hydrogen (secondary N) is 1. The Morgan fingerprint density at radius 2 is 1.62 bits per heavy atom. The van der Waals surface area contributed by atoms with Crippen LogP contribution in [0.25, 0.3) is 0 Å². The van der Waals surface area contributed by atoms with Crippen molar-refractivity contribution >= 4 is 21.6 Å². The summed E-state index contributed by atoms with van der Waals surface area (Å²) < 4.78 is 26.7. The first-order chi connectivity index (χ1) is 15.2. The van der Waals surface area contributed by atoms with Crippen LogP contribution in [0.15, 0.2) is 23.1 Å². The van der Waals surface area contributed by atoms with E-state index in [1.54, 1.807) is 12.1 Å². The maximum Gasteiger partial charge on any atom is 0.253 e. The van der Waals surface area contributed by atoms with E-state index in [0.29, 0.717) is 5.56 Å². The quantitative estimate of drug-likeness (QED) is 0.701.